The molecule has 0 unspecified atom stereocenters. The van der Waals surface area contributed by atoms with Gasteiger partial charge in [-0.15, -0.1) is 0 Å². The molecule has 3 heteroatoms. The van der Waals surface area contributed by atoms with Crippen LogP contribution in [0, 0.1) is 0 Å². The summed E-state index contributed by atoms with van der Waals surface area (Å²) in [7, 11) is 0. The summed E-state index contributed by atoms with van der Waals surface area (Å²) in [6.07, 6.45) is 5.02. The van der Waals surface area contributed by atoms with Crippen molar-refractivity contribution in [1.82, 2.24) is 0 Å². The normalized spacial score (nSPS) is 17.3. The summed E-state index contributed by atoms with van der Waals surface area (Å²) in [5.74, 6) is 0.508. The van der Waals surface area contributed by atoms with Gasteiger partial charge in [0.15, 0.2) is 0 Å². The number of ketones is 1. The number of amides is 1. The zero-order valence-corrected chi connectivity index (χ0v) is 11.4. The highest BCUT2D eigenvalue weighted by molar-refractivity contribution is 5.97. The number of anilines is 1. The zero-order chi connectivity index (χ0) is 13.4. The van der Waals surface area contributed by atoms with Gasteiger partial charge in [0, 0.05) is 19.4 Å². The molecule has 0 spiro atoms. The summed E-state index contributed by atoms with van der Waals surface area (Å²) < 4.78 is 0. The number of nitrogens with zero attached hydrogens (tertiary/aromatic N) is 1. The number of rotatable bonds is 3. The standard InChI is InChI=1S/C16H19NO2/c1-11(18)4-5-12-9-13-3-2-8-17-15(19)7-6-14(10-12)16(13)17/h9-10H,2-8H2,1H3. The van der Waals surface area contributed by atoms with E-state index in [1.54, 1.807) is 6.92 Å². The number of carbonyl (C=O) groups is 2. The highest BCUT2D eigenvalue weighted by Crippen LogP contribution is 2.36. The number of aryl methyl sites for hydroxylation is 3. The fraction of sp³-hybridized carbons (Fsp3) is 0.500. The van der Waals surface area contributed by atoms with E-state index in [4.69, 9.17) is 0 Å². The van der Waals surface area contributed by atoms with Gasteiger partial charge >= 0.3 is 0 Å². The Balaban J connectivity index is 1.97. The molecule has 2 aliphatic heterocycles. The SMILES string of the molecule is CC(=O)CCc1cc2c3c(c1)CCC(=O)N3CCC2. The van der Waals surface area contributed by atoms with E-state index in [2.05, 4.69) is 12.1 Å². The van der Waals surface area contributed by atoms with Crippen LogP contribution in [-0.4, -0.2) is 18.2 Å². The van der Waals surface area contributed by atoms with E-state index in [0.717, 1.165) is 32.2 Å². The first kappa shape index (κ1) is 12.4. The van der Waals surface area contributed by atoms with Gasteiger partial charge in [0.25, 0.3) is 0 Å². The molecule has 2 heterocycles. The maximum atomic E-state index is 12.0. The third kappa shape index (κ3) is 2.29. The van der Waals surface area contributed by atoms with Crippen LogP contribution in [0.5, 0.6) is 0 Å². The number of benzene rings is 1. The van der Waals surface area contributed by atoms with Crippen molar-refractivity contribution in [2.75, 3.05) is 11.4 Å². The fourth-order valence-corrected chi connectivity index (χ4v) is 3.19. The molecule has 1 aromatic carbocycles. The number of hydrogen-bond acceptors (Lipinski definition) is 2. The topological polar surface area (TPSA) is 37.4 Å². The average molecular weight is 257 g/mol. The molecule has 0 N–H and O–H groups in total. The van der Waals surface area contributed by atoms with Gasteiger partial charge < -0.3 is 9.69 Å². The third-order valence-corrected chi connectivity index (χ3v) is 4.10. The first-order chi connectivity index (χ1) is 9.15. The Kier molecular flexibility index (Phi) is 3.13. The molecule has 0 fully saturated rings. The highest BCUT2D eigenvalue weighted by atomic mass is 16.2. The number of carbonyl (C=O) groups excluding carboxylic acids is 2. The van der Waals surface area contributed by atoms with Crippen molar-refractivity contribution in [3.05, 3.63) is 28.8 Å². The lowest BCUT2D eigenvalue weighted by Gasteiger charge is -2.35. The summed E-state index contributed by atoms with van der Waals surface area (Å²) in [5.41, 5.74) is 5.03. The van der Waals surface area contributed by atoms with E-state index < -0.39 is 0 Å². The largest absolute Gasteiger partial charge is 0.312 e. The minimum absolute atomic E-state index is 0.239. The molecule has 0 saturated heterocycles. The Morgan fingerprint density at radius 2 is 1.95 bits per heavy atom. The van der Waals surface area contributed by atoms with Gasteiger partial charge in [0.1, 0.15) is 5.78 Å². The third-order valence-electron chi connectivity index (χ3n) is 4.10. The van der Waals surface area contributed by atoms with Crippen molar-refractivity contribution < 1.29 is 9.59 Å². The summed E-state index contributed by atoms with van der Waals surface area (Å²) in [6.45, 7) is 2.51. The van der Waals surface area contributed by atoms with E-state index in [9.17, 15) is 9.59 Å². The smallest absolute Gasteiger partial charge is 0.227 e. The second-order valence-electron chi connectivity index (χ2n) is 5.61. The predicted octanol–water partition coefficient (Wildman–Crippen LogP) is 2.43. The molecule has 19 heavy (non-hydrogen) atoms. The van der Waals surface area contributed by atoms with Gasteiger partial charge in [-0.1, -0.05) is 12.1 Å². The molecule has 0 bridgehead atoms. The molecule has 0 atom stereocenters. The first-order valence-electron chi connectivity index (χ1n) is 7.09. The average Bonchev–Trinajstić information content (AvgIpc) is 2.40. The second kappa shape index (κ2) is 4.80. The van der Waals surface area contributed by atoms with Gasteiger partial charge in [-0.3, -0.25) is 4.79 Å². The van der Waals surface area contributed by atoms with E-state index in [0.29, 0.717) is 12.8 Å². The summed E-state index contributed by atoms with van der Waals surface area (Å²) in [4.78, 5) is 25.0. The second-order valence-corrected chi connectivity index (χ2v) is 5.61. The molecule has 1 amide bonds. The van der Waals surface area contributed by atoms with Crippen LogP contribution in [-0.2, 0) is 28.9 Å². The molecule has 0 aromatic heterocycles. The van der Waals surface area contributed by atoms with Gasteiger partial charge in [0.05, 0.1) is 5.69 Å². The van der Waals surface area contributed by atoms with Crippen molar-refractivity contribution in [2.45, 2.75) is 45.4 Å². The van der Waals surface area contributed by atoms with Crippen LogP contribution in [0.25, 0.3) is 0 Å². The van der Waals surface area contributed by atoms with Gasteiger partial charge in [-0.25, -0.2) is 0 Å². The van der Waals surface area contributed by atoms with Crippen LogP contribution >= 0.6 is 0 Å². The molecular formula is C16H19NO2. The number of Topliss-reactive ketones (excluding diaryl/α,β-unsaturated/α-hetero) is 1. The van der Waals surface area contributed by atoms with E-state index in [1.165, 1.54) is 22.4 Å². The minimum atomic E-state index is 0.239. The van der Waals surface area contributed by atoms with E-state index in [-0.39, 0.29) is 11.7 Å². The molecule has 1 aromatic rings. The maximum Gasteiger partial charge on any atom is 0.227 e. The Morgan fingerprint density at radius 1 is 1.21 bits per heavy atom. The molecule has 3 nitrogen and oxygen atoms in total. The van der Waals surface area contributed by atoms with Crippen LogP contribution in [0.3, 0.4) is 0 Å². The lowest BCUT2D eigenvalue weighted by atomic mass is 9.89. The van der Waals surface area contributed by atoms with Crippen LogP contribution in [0.15, 0.2) is 12.1 Å². The van der Waals surface area contributed by atoms with Crippen LogP contribution in [0.4, 0.5) is 5.69 Å². The lowest BCUT2D eigenvalue weighted by molar-refractivity contribution is -0.119. The van der Waals surface area contributed by atoms with Crippen molar-refractivity contribution in [1.29, 1.82) is 0 Å². The Bertz CT molecular complexity index is 531. The van der Waals surface area contributed by atoms with Gasteiger partial charge in [0.2, 0.25) is 5.91 Å². The fourth-order valence-electron chi connectivity index (χ4n) is 3.19. The van der Waals surface area contributed by atoms with Crippen molar-refractivity contribution >= 4 is 17.4 Å². The molecule has 0 radical (unpaired) electrons. The van der Waals surface area contributed by atoms with Crippen LogP contribution < -0.4 is 4.90 Å². The molecule has 2 aliphatic rings. The van der Waals surface area contributed by atoms with Crippen LogP contribution in [0.1, 0.15) is 42.9 Å². The quantitative estimate of drug-likeness (QED) is 0.834. The molecule has 0 saturated carbocycles. The minimum Gasteiger partial charge on any atom is -0.312 e. The summed E-state index contributed by atoms with van der Waals surface area (Å²) in [6, 6.07) is 4.40. The van der Waals surface area contributed by atoms with Crippen LogP contribution in [0.2, 0.25) is 0 Å². The van der Waals surface area contributed by atoms with Crippen molar-refractivity contribution in [3.8, 4) is 0 Å². The first-order valence-corrected chi connectivity index (χ1v) is 7.09. The summed E-state index contributed by atoms with van der Waals surface area (Å²) in [5, 5.41) is 0. The molecule has 3 rings (SSSR count). The predicted molar refractivity (Wildman–Crippen MR) is 74.4 cm³/mol. The zero-order valence-electron chi connectivity index (χ0n) is 11.4. The van der Waals surface area contributed by atoms with Gasteiger partial charge in [-0.2, -0.15) is 0 Å². The lowest BCUT2D eigenvalue weighted by Crippen LogP contribution is -2.39. The number of hydrogen-bond donors (Lipinski definition) is 0. The van der Waals surface area contributed by atoms with E-state index in [1.807, 2.05) is 4.90 Å². The van der Waals surface area contributed by atoms with Crippen molar-refractivity contribution in [3.63, 3.8) is 0 Å². The maximum absolute atomic E-state index is 12.0. The Hall–Kier alpha value is -1.64. The molecular weight excluding hydrogens is 238 g/mol. The molecule has 100 valence electrons. The van der Waals surface area contributed by atoms with Gasteiger partial charge in [-0.05, 0) is 49.3 Å². The molecule has 0 aliphatic carbocycles. The Morgan fingerprint density at radius 3 is 2.68 bits per heavy atom. The highest BCUT2D eigenvalue weighted by Gasteiger charge is 2.29. The van der Waals surface area contributed by atoms with Crippen molar-refractivity contribution in [2.24, 2.45) is 0 Å². The Labute approximate surface area is 113 Å². The monoisotopic (exact) mass is 257 g/mol. The van der Waals surface area contributed by atoms with E-state index >= 15 is 0 Å². The summed E-state index contributed by atoms with van der Waals surface area (Å²) >= 11 is 0.